The van der Waals surface area contributed by atoms with Crippen LogP contribution in [0.3, 0.4) is 0 Å². The van der Waals surface area contributed by atoms with E-state index in [1.165, 1.54) is 0 Å². The molecular weight excluding hydrogens is 360 g/mol. The number of rotatable bonds is 6. The highest BCUT2D eigenvalue weighted by Gasteiger charge is 2.17. The van der Waals surface area contributed by atoms with Crippen LogP contribution in [-0.4, -0.2) is 44.6 Å². The molecule has 4 rings (SSSR count). The fourth-order valence-electron chi connectivity index (χ4n) is 3.35. The highest BCUT2D eigenvalue weighted by Crippen LogP contribution is 2.21. The largest absolute Gasteiger partial charge is 0.331 e. The Morgan fingerprint density at radius 2 is 1.85 bits per heavy atom. The minimum atomic E-state index is -1.32. The topological polar surface area (TPSA) is 78.1 Å². The molecule has 1 amide bonds. The number of imidazole rings is 1. The van der Waals surface area contributed by atoms with Gasteiger partial charge in [0.1, 0.15) is 0 Å². The number of fused-ring (bicyclic) bond motifs is 1. The Kier molecular flexibility index (Phi) is 5.31. The summed E-state index contributed by atoms with van der Waals surface area (Å²) in [5.74, 6) is 0.263. The number of hydrogen-bond acceptors (Lipinski definition) is 4. The third-order valence-corrected chi connectivity index (χ3v) is 5.93. The smallest absolute Gasteiger partial charge is 0.238 e. The lowest BCUT2D eigenvalue weighted by atomic mass is 10.2. The molecule has 1 aromatic heterocycles. The number of carbonyl (C=O) groups excluding carboxylic acids is 1. The van der Waals surface area contributed by atoms with Crippen LogP contribution in [0.25, 0.3) is 11.0 Å². The van der Waals surface area contributed by atoms with Crippen LogP contribution in [-0.2, 0) is 21.3 Å². The van der Waals surface area contributed by atoms with Crippen LogP contribution < -0.4 is 5.32 Å². The van der Waals surface area contributed by atoms with E-state index < -0.39 is 10.8 Å². The van der Waals surface area contributed by atoms with E-state index in [1.54, 1.807) is 0 Å². The number of anilines is 1. The van der Waals surface area contributed by atoms with Gasteiger partial charge < -0.3 is 10.3 Å². The number of para-hydroxylation sites is 3. The van der Waals surface area contributed by atoms with Gasteiger partial charge in [-0.2, -0.15) is 0 Å². The molecular formula is C20H22N4O2S. The first-order chi connectivity index (χ1) is 13.2. The van der Waals surface area contributed by atoms with Crippen molar-refractivity contribution in [3.05, 3.63) is 54.1 Å². The molecule has 0 radical (unpaired) electrons. The highest BCUT2D eigenvalue weighted by atomic mass is 32.2. The van der Waals surface area contributed by atoms with Gasteiger partial charge in [-0.25, -0.2) is 4.98 Å². The van der Waals surface area contributed by atoms with E-state index in [0.29, 0.717) is 23.1 Å². The van der Waals surface area contributed by atoms with Gasteiger partial charge in [-0.15, -0.1) is 0 Å². The van der Waals surface area contributed by atoms with Crippen molar-refractivity contribution >= 4 is 33.4 Å². The van der Waals surface area contributed by atoms with E-state index in [1.807, 2.05) is 48.5 Å². The van der Waals surface area contributed by atoms with Gasteiger partial charge in [0.05, 0.1) is 34.1 Å². The number of H-pyrrole nitrogens is 1. The lowest BCUT2D eigenvalue weighted by Crippen LogP contribution is -2.31. The van der Waals surface area contributed by atoms with Gasteiger partial charge in [0.2, 0.25) is 5.91 Å². The molecule has 6 nitrogen and oxygen atoms in total. The second-order valence-corrected chi connectivity index (χ2v) is 8.10. The van der Waals surface area contributed by atoms with Gasteiger partial charge in [-0.05, 0) is 49.7 Å². The van der Waals surface area contributed by atoms with Crippen molar-refractivity contribution in [3.8, 4) is 0 Å². The molecule has 1 atom stereocenters. The molecule has 0 bridgehead atoms. The van der Waals surface area contributed by atoms with Crippen LogP contribution in [0.1, 0.15) is 18.4 Å². The molecule has 140 valence electrons. The number of amides is 1. The van der Waals surface area contributed by atoms with Crippen molar-refractivity contribution in [2.24, 2.45) is 0 Å². The van der Waals surface area contributed by atoms with Gasteiger partial charge in [0.15, 0.2) is 5.16 Å². The number of nitrogens with zero attached hydrogens (tertiary/aromatic N) is 2. The van der Waals surface area contributed by atoms with Crippen molar-refractivity contribution in [3.63, 3.8) is 0 Å². The summed E-state index contributed by atoms with van der Waals surface area (Å²) in [6.07, 6.45) is 2.31. The van der Waals surface area contributed by atoms with E-state index in [9.17, 15) is 9.00 Å². The third-order valence-electron chi connectivity index (χ3n) is 4.73. The average Bonchev–Trinajstić information content (AvgIpc) is 3.32. The Balaban J connectivity index is 1.47. The molecule has 1 fully saturated rings. The van der Waals surface area contributed by atoms with Crippen molar-refractivity contribution in [1.29, 1.82) is 0 Å². The van der Waals surface area contributed by atoms with Crippen LogP contribution in [0.15, 0.2) is 53.7 Å². The Bertz CT molecular complexity index is 946. The molecule has 0 aliphatic carbocycles. The van der Waals surface area contributed by atoms with Crippen molar-refractivity contribution in [2.75, 3.05) is 25.0 Å². The number of likely N-dealkylation sites (tertiary alicyclic amines) is 1. The van der Waals surface area contributed by atoms with Gasteiger partial charge >= 0.3 is 0 Å². The van der Waals surface area contributed by atoms with Gasteiger partial charge in [0.25, 0.3) is 0 Å². The molecule has 2 aromatic carbocycles. The quantitative estimate of drug-likeness (QED) is 0.687. The van der Waals surface area contributed by atoms with Crippen LogP contribution in [0.2, 0.25) is 0 Å². The summed E-state index contributed by atoms with van der Waals surface area (Å²) in [4.78, 5) is 22.0. The van der Waals surface area contributed by atoms with E-state index in [2.05, 4.69) is 20.2 Å². The second-order valence-electron chi connectivity index (χ2n) is 6.74. The third kappa shape index (κ3) is 4.26. The Morgan fingerprint density at radius 1 is 1.11 bits per heavy atom. The summed E-state index contributed by atoms with van der Waals surface area (Å²) in [5.41, 5.74) is 3.22. The Labute approximate surface area is 160 Å². The Hall–Kier alpha value is -2.51. The fraction of sp³-hybridized carbons (Fsp3) is 0.300. The number of aromatic nitrogens is 2. The van der Waals surface area contributed by atoms with Crippen molar-refractivity contribution in [1.82, 2.24) is 14.9 Å². The highest BCUT2D eigenvalue weighted by molar-refractivity contribution is 7.84. The van der Waals surface area contributed by atoms with Crippen LogP contribution in [0, 0.1) is 0 Å². The van der Waals surface area contributed by atoms with E-state index in [-0.39, 0.29) is 5.91 Å². The summed E-state index contributed by atoms with van der Waals surface area (Å²) in [5, 5.41) is 3.43. The van der Waals surface area contributed by atoms with Crippen LogP contribution >= 0.6 is 0 Å². The Morgan fingerprint density at radius 3 is 2.67 bits per heavy atom. The maximum atomic E-state index is 12.8. The predicted octanol–water partition coefficient (Wildman–Crippen LogP) is 2.91. The molecule has 7 heteroatoms. The normalized spacial score (nSPS) is 15.9. The maximum Gasteiger partial charge on any atom is 0.238 e. The molecule has 2 N–H and O–H groups in total. The molecule has 2 heterocycles. The zero-order valence-corrected chi connectivity index (χ0v) is 15.8. The average molecular weight is 382 g/mol. The maximum absolute atomic E-state index is 12.8. The molecule has 1 saturated heterocycles. The predicted molar refractivity (Wildman–Crippen MR) is 107 cm³/mol. The number of nitrogens with one attached hydrogen (secondary N) is 2. The van der Waals surface area contributed by atoms with Crippen molar-refractivity contribution < 1.29 is 9.00 Å². The first-order valence-corrected chi connectivity index (χ1v) is 10.4. The standard InChI is InChI=1S/C20H22N4O2S/c25-19(13-24-11-5-6-12-24)21-16-8-2-1-7-15(16)14-27(26)20-22-17-9-3-4-10-18(17)23-20/h1-4,7-10H,5-6,11-14H2,(H,21,25)(H,22,23)/t27-/m0/s1. The first-order valence-electron chi connectivity index (χ1n) is 9.12. The second kappa shape index (κ2) is 8.02. The summed E-state index contributed by atoms with van der Waals surface area (Å²) in [6, 6.07) is 15.1. The van der Waals surface area contributed by atoms with Crippen LogP contribution in [0.4, 0.5) is 5.69 Å². The number of aromatic amines is 1. The summed E-state index contributed by atoms with van der Waals surface area (Å²) in [6.45, 7) is 2.36. The van der Waals surface area contributed by atoms with E-state index >= 15 is 0 Å². The van der Waals surface area contributed by atoms with Gasteiger partial charge in [0, 0.05) is 5.69 Å². The van der Waals surface area contributed by atoms with Crippen molar-refractivity contribution in [2.45, 2.75) is 23.8 Å². The monoisotopic (exact) mass is 382 g/mol. The van der Waals surface area contributed by atoms with E-state index in [4.69, 9.17) is 0 Å². The molecule has 3 aromatic rings. The molecule has 0 unspecified atom stereocenters. The fourth-order valence-corrected chi connectivity index (χ4v) is 4.44. The summed E-state index contributed by atoms with van der Waals surface area (Å²) < 4.78 is 12.8. The lowest BCUT2D eigenvalue weighted by molar-refractivity contribution is -0.117. The van der Waals surface area contributed by atoms with Gasteiger partial charge in [-0.3, -0.25) is 13.9 Å². The minimum Gasteiger partial charge on any atom is -0.331 e. The SMILES string of the molecule is O=C(CN1CCCC1)Nc1ccccc1C[S@](=O)c1nc2ccccc2[nH]1. The summed E-state index contributed by atoms with van der Waals surface area (Å²) in [7, 11) is -1.32. The lowest BCUT2D eigenvalue weighted by Gasteiger charge is -2.15. The molecule has 27 heavy (non-hydrogen) atoms. The minimum absolute atomic E-state index is 0.0288. The molecule has 1 aliphatic rings. The number of hydrogen-bond donors (Lipinski definition) is 2. The molecule has 1 aliphatic heterocycles. The van der Waals surface area contributed by atoms with E-state index in [0.717, 1.165) is 42.5 Å². The zero-order chi connectivity index (χ0) is 18.6. The molecule has 0 saturated carbocycles. The summed E-state index contributed by atoms with van der Waals surface area (Å²) >= 11 is 0. The molecule has 0 spiro atoms. The zero-order valence-electron chi connectivity index (χ0n) is 15.0. The van der Waals surface area contributed by atoms with Crippen LogP contribution in [0.5, 0.6) is 0 Å². The first kappa shape index (κ1) is 17.9. The number of benzene rings is 2. The van der Waals surface area contributed by atoms with Gasteiger partial charge in [-0.1, -0.05) is 30.3 Å². The number of carbonyl (C=O) groups is 1.